The second kappa shape index (κ2) is 7.37. The van der Waals surface area contributed by atoms with Crippen molar-refractivity contribution in [1.29, 1.82) is 0 Å². The number of nitrogens with zero attached hydrogens (tertiary/aromatic N) is 2. The van der Waals surface area contributed by atoms with Crippen LogP contribution in [0, 0.1) is 11.6 Å². The lowest BCUT2D eigenvalue weighted by molar-refractivity contribution is 0.102. The molecular formula is C18H14F2N4O2S. The van der Waals surface area contributed by atoms with Crippen molar-refractivity contribution < 1.29 is 18.3 Å². The molecule has 2 N–H and O–H groups in total. The number of benzene rings is 1. The van der Waals surface area contributed by atoms with Crippen LogP contribution in [-0.4, -0.2) is 34.5 Å². The summed E-state index contributed by atoms with van der Waals surface area (Å²) in [4.78, 5) is 16.6. The van der Waals surface area contributed by atoms with Crippen molar-refractivity contribution >= 4 is 23.1 Å². The number of hydrogen-bond acceptors (Lipinski definition) is 6. The van der Waals surface area contributed by atoms with Crippen LogP contribution >= 0.6 is 11.5 Å². The van der Waals surface area contributed by atoms with E-state index in [-0.39, 0.29) is 23.1 Å². The molecule has 0 spiro atoms. The number of halogens is 2. The van der Waals surface area contributed by atoms with Crippen molar-refractivity contribution in [2.75, 3.05) is 18.4 Å². The molecule has 1 saturated heterocycles. The molecule has 1 amide bonds. The molecule has 6 nitrogen and oxygen atoms in total. The van der Waals surface area contributed by atoms with Crippen LogP contribution in [0.3, 0.4) is 0 Å². The predicted octanol–water partition coefficient (Wildman–Crippen LogP) is 3.09. The first kappa shape index (κ1) is 17.5. The van der Waals surface area contributed by atoms with Crippen molar-refractivity contribution in [3.8, 4) is 16.3 Å². The largest absolute Gasteiger partial charge is 0.475 e. The zero-order chi connectivity index (χ0) is 18.8. The van der Waals surface area contributed by atoms with Gasteiger partial charge in [-0.15, -0.1) is 0 Å². The summed E-state index contributed by atoms with van der Waals surface area (Å²) in [5.74, 6) is -2.01. The molecule has 0 radical (unpaired) electrons. The van der Waals surface area contributed by atoms with E-state index >= 15 is 0 Å². The molecule has 9 heteroatoms. The van der Waals surface area contributed by atoms with Gasteiger partial charge in [-0.2, -0.15) is 4.37 Å². The summed E-state index contributed by atoms with van der Waals surface area (Å²) in [5.41, 5.74) is 0.225. The van der Waals surface area contributed by atoms with Gasteiger partial charge in [-0.1, -0.05) is 12.1 Å². The van der Waals surface area contributed by atoms with Gasteiger partial charge in [0.05, 0.1) is 17.5 Å². The molecule has 1 aromatic carbocycles. The summed E-state index contributed by atoms with van der Waals surface area (Å²) in [6.07, 6.45) is 1.54. The normalized spacial score (nSPS) is 13.9. The average molecular weight is 388 g/mol. The number of aromatic nitrogens is 2. The molecule has 0 bridgehead atoms. The smallest absolute Gasteiger partial charge is 0.274 e. The van der Waals surface area contributed by atoms with Gasteiger partial charge in [0.15, 0.2) is 0 Å². The van der Waals surface area contributed by atoms with Gasteiger partial charge in [0.1, 0.15) is 29.1 Å². The highest BCUT2D eigenvalue weighted by atomic mass is 32.1. The van der Waals surface area contributed by atoms with Gasteiger partial charge >= 0.3 is 0 Å². The highest BCUT2D eigenvalue weighted by Crippen LogP contribution is 2.31. The first-order valence-electron chi connectivity index (χ1n) is 8.16. The lowest BCUT2D eigenvalue weighted by Crippen LogP contribution is -2.50. The quantitative estimate of drug-likeness (QED) is 0.703. The number of amides is 1. The van der Waals surface area contributed by atoms with E-state index in [1.54, 1.807) is 0 Å². The zero-order valence-corrected chi connectivity index (χ0v) is 14.7. The molecule has 3 heterocycles. The van der Waals surface area contributed by atoms with Crippen molar-refractivity contribution in [3.63, 3.8) is 0 Å². The van der Waals surface area contributed by atoms with Gasteiger partial charge in [-0.05, 0) is 24.3 Å². The average Bonchev–Trinajstić information content (AvgIpc) is 3.05. The second-order valence-corrected chi connectivity index (χ2v) is 6.65. The number of anilines is 1. The van der Waals surface area contributed by atoms with Crippen LogP contribution in [0.25, 0.3) is 11.3 Å². The van der Waals surface area contributed by atoms with Gasteiger partial charge in [-0.3, -0.25) is 4.79 Å². The fourth-order valence-electron chi connectivity index (χ4n) is 2.52. The van der Waals surface area contributed by atoms with E-state index in [1.807, 2.05) is 0 Å². The molecule has 1 fully saturated rings. The van der Waals surface area contributed by atoms with Gasteiger partial charge in [-0.25, -0.2) is 13.8 Å². The third-order valence-corrected chi connectivity index (χ3v) is 4.70. The number of carbonyl (C=O) groups excluding carboxylic acids is 1. The summed E-state index contributed by atoms with van der Waals surface area (Å²) in [6.45, 7) is 1.48. The number of hydrogen-bond donors (Lipinski definition) is 2. The summed E-state index contributed by atoms with van der Waals surface area (Å²) in [5, 5.41) is 6.28. The summed E-state index contributed by atoms with van der Waals surface area (Å²) in [6, 6.07) is 7.99. The van der Waals surface area contributed by atoms with Crippen molar-refractivity contribution in [3.05, 3.63) is 59.9 Å². The van der Waals surface area contributed by atoms with E-state index in [2.05, 4.69) is 20.0 Å². The molecule has 0 atom stereocenters. The van der Waals surface area contributed by atoms with Crippen LogP contribution in [0.5, 0.6) is 5.06 Å². The van der Waals surface area contributed by atoms with E-state index in [0.29, 0.717) is 10.8 Å². The number of nitrogens with one attached hydrogen (secondary N) is 2. The van der Waals surface area contributed by atoms with Gasteiger partial charge in [0, 0.05) is 24.6 Å². The zero-order valence-electron chi connectivity index (χ0n) is 13.9. The summed E-state index contributed by atoms with van der Waals surface area (Å²) < 4.78 is 37.7. The molecule has 2 aromatic heterocycles. The Morgan fingerprint density at radius 3 is 2.63 bits per heavy atom. The third-order valence-electron chi connectivity index (χ3n) is 4.00. The van der Waals surface area contributed by atoms with Crippen LogP contribution in [0.1, 0.15) is 10.5 Å². The van der Waals surface area contributed by atoms with E-state index in [9.17, 15) is 13.6 Å². The maximum atomic E-state index is 14.0. The van der Waals surface area contributed by atoms with Crippen molar-refractivity contribution in [1.82, 2.24) is 14.7 Å². The van der Waals surface area contributed by atoms with Crippen LogP contribution in [0.2, 0.25) is 0 Å². The second-order valence-electron chi connectivity index (χ2n) is 5.88. The Labute approximate surface area is 157 Å². The lowest BCUT2D eigenvalue weighted by Gasteiger charge is -2.27. The lowest BCUT2D eigenvalue weighted by atomic mass is 10.1. The molecule has 0 unspecified atom stereocenters. The molecule has 0 aliphatic carbocycles. The fourth-order valence-corrected chi connectivity index (χ4v) is 3.16. The first-order chi connectivity index (χ1) is 13.1. The molecule has 3 aromatic rings. The molecule has 1 aliphatic rings. The van der Waals surface area contributed by atoms with Crippen LogP contribution in [-0.2, 0) is 0 Å². The van der Waals surface area contributed by atoms with Gasteiger partial charge < -0.3 is 15.4 Å². The third kappa shape index (κ3) is 3.64. The highest BCUT2D eigenvalue weighted by molar-refractivity contribution is 7.08. The predicted molar refractivity (Wildman–Crippen MR) is 96.9 cm³/mol. The molecule has 138 valence electrons. The Bertz CT molecular complexity index is 971. The minimum Gasteiger partial charge on any atom is -0.475 e. The SMILES string of the molecule is O=C(Nc1cnsc1OC1CNC1)c1cccc(-c2c(F)cccc2F)n1. The van der Waals surface area contributed by atoms with E-state index < -0.39 is 17.5 Å². The molecule has 4 rings (SSSR count). The molecule has 27 heavy (non-hydrogen) atoms. The minimum absolute atomic E-state index is 0.0256. The van der Waals surface area contributed by atoms with E-state index in [1.165, 1.54) is 30.5 Å². The number of pyridine rings is 1. The van der Waals surface area contributed by atoms with Crippen LogP contribution in [0.15, 0.2) is 42.6 Å². The molecule has 1 aliphatic heterocycles. The standard InChI is InChI=1S/C18H14F2N4O2S/c19-11-3-1-4-12(20)16(11)13-5-2-6-14(23-13)17(25)24-15-9-22-27-18(15)26-10-7-21-8-10/h1-6,9-10,21H,7-8H2,(H,24,25). The van der Waals surface area contributed by atoms with Gasteiger partial charge in [0.2, 0.25) is 5.06 Å². The fraction of sp³-hybridized carbons (Fsp3) is 0.167. The van der Waals surface area contributed by atoms with Gasteiger partial charge in [0.25, 0.3) is 5.91 Å². The van der Waals surface area contributed by atoms with Crippen LogP contribution in [0.4, 0.5) is 14.5 Å². The Morgan fingerprint density at radius 2 is 1.93 bits per heavy atom. The Morgan fingerprint density at radius 1 is 1.19 bits per heavy atom. The Kier molecular flexibility index (Phi) is 4.78. The van der Waals surface area contributed by atoms with Crippen molar-refractivity contribution in [2.45, 2.75) is 6.10 Å². The number of ether oxygens (including phenoxy) is 1. The topological polar surface area (TPSA) is 76.1 Å². The van der Waals surface area contributed by atoms with Crippen LogP contribution < -0.4 is 15.4 Å². The maximum absolute atomic E-state index is 14.0. The first-order valence-corrected chi connectivity index (χ1v) is 8.94. The Hall–Kier alpha value is -2.91. The van der Waals surface area contributed by atoms with E-state index in [0.717, 1.165) is 36.8 Å². The number of carbonyl (C=O) groups is 1. The minimum atomic E-state index is -0.744. The van der Waals surface area contributed by atoms with E-state index in [4.69, 9.17) is 4.74 Å². The Balaban J connectivity index is 1.56. The summed E-state index contributed by atoms with van der Waals surface area (Å²) >= 11 is 1.13. The van der Waals surface area contributed by atoms with Crippen molar-refractivity contribution in [2.24, 2.45) is 0 Å². The number of rotatable bonds is 5. The highest BCUT2D eigenvalue weighted by Gasteiger charge is 2.22. The monoisotopic (exact) mass is 388 g/mol. The maximum Gasteiger partial charge on any atom is 0.274 e. The summed E-state index contributed by atoms with van der Waals surface area (Å²) in [7, 11) is 0. The molecule has 0 saturated carbocycles. The molecular weight excluding hydrogens is 374 g/mol.